The first-order chi connectivity index (χ1) is 8.36. The van der Waals surface area contributed by atoms with Gasteiger partial charge < -0.3 is 14.6 Å². The normalized spacial score (nSPS) is 13.0. The van der Waals surface area contributed by atoms with Crippen molar-refractivity contribution in [2.75, 3.05) is 13.4 Å². The first-order valence-electron chi connectivity index (χ1n) is 5.41. The lowest BCUT2D eigenvalue weighted by atomic mass is 10.1. The zero-order chi connectivity index (χ0) is 11.7. The summed E-state index contributed by atoms with van der Waals surface area (Å²) in [5.41, 5.74) is 1.84. The molecule has 17 heavy (non-hydrogen) atoms. The summed E-state index contributed by atoms with van der Waals surface area (Å²) in [6.45, 7) is 0.866. The Morgan fingerprint density at radius 3 is 3.00 bits per heavy atom. The van der Waals surface area contributed by atoms with Crippen LogP contribution in [0.4, 0.5) is 0 Å². The molecule has 2 heterocycles. The van der Waals surface area contributed by atoms with Crippen LogP contribution in [0.2, 0.25) is 0 Å². The highest BCUT2D eigenvalue weighted by molar-refractivity contribution is 5.64. The maximum atomic E-state index is 8.83. The fourth-order valence-corrected chi connectivity index (χ4v) is 1.80. The molecule has 3 rings (SSSR count). The summed E-state index contributed by atoms with van der Waals surface area (Å²) in [6, 6.07) is 7.64. The molecule has 5 heteroatoms. The van der Waals surface area contributed by atoms with Gasteiger partial charge in [0.25, 0.3) is 0 Å². The van der Waals surface area contributed by atoms with E-state index in [-0.39, 0.29) is 13.4 Å². The Morgan fingerprint density at radius 1 is 1.24 bits per heavy atom. The highest BCUT2D eigenvalue weighted by Gasteiger charge is 2.14. The molecule has 0 spiro atoms. The Balaban J connectivity index is 1.92. The van der Waals surface area contributed by atoms with Crippen molar-refractivity contribution < 1.29 is 14.6 Å². The Bertz CT molecular complexity index is 536. The highest BCUT2D eigenvalue weighted by atomic mass is 16.7. The van der Waals surface area contributed by atoms with Gasteiger partial charge in [0, 0.05) is 11.8 Å². The molecule has 1 aromatic carbocycles. The quantitative estimate of drug-likeness (QED) is 0.865. The van der Waals surface area contributed by atoms with Crippen molar-refractivity contribution in [1.29, 1.82) is 0 Å². The number of rotatable bonds is 3. The van der Waals surface area contributed by atoms with Gasteiger partial charge in [-0.05, 0) is 24.3 Å². The molecule has 0 amide bonds. The number of hydrogen-bond donors (Lipinski definition) is 1. The summed E-state index contributed by atoms with van der Waals surface area (Å²) in [6.07, 6.45) is 1.84. The monoisotopic (exact) mass is 232 g/mol. The molecule has 0 saturated carbocycles. The summed E-state index contributed by atoms with van der Waals surface area (Å²) >= 11 is 0. The average Bonchev–Trinajstić information content (AvgIpc) is 2.96. The number of aliphatic hydroxyl groups is 1. The number of benzene rings is 1. The molecule has 0 fully saturated rings. The first-order valence-corrected chi connectivity index (χ1v) is 5.41. The molecule has 1 aromatic heterocycles. The van der Waals surface area contributed by atoms with Crippen LogP contribution in [0, 0.1) is 0 Å². The van der Waals surface area contributed by atoms with Crippen LogP contribution >= 0.6 is 0 Å². The molecule has 1 aliphatic rings. The Hall–Kier alpha value is -2.01. The number of fused-ring (bicyclic) bond motifs is 1. The number of hydrogen-bond acceptors (Lipinski definition) is 4. The predicted octanol–water partition coefficient (Wildman–Crippen LogP) is 1.27. The molecule has 5 nitrogen and oxygen atoms in total. The number of nitrogens with zero attached hydrogens (tertiary/aromatic N) is 2. The van der Waals surface area contributed by atoms with Crippen molar-refractivity contribution in [3.05, 3.63) is 30.5 Å². The number of ether oxygens (including phenoxy) is 2. The zero-order valence-electron chi connectivity index (χ0n) is 9.17. The average molecular weight is 232 g/mol. The van der Waals surface area contributed by atoms with Crippen LogP contribution in [0.5, 0.6) is 11.5 Å². The SMILES string of the molecule is OCCn1ccc(-c2ccc3c(c2)OCO3)n1. The van der Waals surface area contributed by atoms with Gasteiger partial charge in [-0.3, -0.25) is 4.68 Å². The molecule has 0 bridgehead atoms. The second-order valence-corrected chi connectivity index (χ2v) is 3.76. The van der Waals surface area contributed by atoms with Crippen molar-refractivity contribution in [3.8, 4) is 22.8 Å². The summed E-state index contributed by atoms with van der Waals surface area (Å²) in [5.74, 6) is 1.52. The fourth-order valence-electron chi connectivity index (χ4n) is 1.80. The molecule has 1 aliphatic heterocycles. The van der Waals surface area contributed by atoms with Crippen molar-refractivity contribution in [2.24, 2.45) is 0 Å². The minimum atomic E-state index is 0.0856. The molecule has 0 atom stereocenters. The molecule has 0 unspecified atom stereocenters. The van der Waals surface area contributed by atoms with Gasteiger partial charge in [0.2, 0.25) is 6.79 Å². The molecule has 0 radical (unpaired) electrons. The minimum absolute atomic E-state index is 0.0856. The highest BCUT2D eigenvalue weighted by Crippen LogP contribution is 2.35. The van der Waals surface area contributed by atoms with E-state index in [0.29, 0.717) is 6.54 Å². The van der Waals surface area contributed by atoms with Crippen LogP contribution in [-0.4, -0.2) is 28.3 Å². The van der Waals surface area contributed by atoms with Crippen LogP contribution < -0.4 is 9.47 Å². The fraction of sp³-hybridized carbons (Fsp3) is 0.250. The molecule has 88 valence electrons. The number of aromatic nitrogens is 2. The van der Waals surface area contributed by atoms with Gasteiger partial charge in [0.1, 0.15) is 0 Å². The Kier molecular flexibility index (Phi) is 2.45. The van der Waals surface area contributed by atoms with Crippen LogP contribution in [0.1, 0.15) is 0 Å². The van der Waals surface area contributed by atoms with Gasteiger partial charge in [-0.15, -0.1) is 0 Å². The van der Waals surface area contributed by atoms with Gasteiger partial charge in [-0.2, -0.15) is 5.10 Å². The second kappa shape index (κ2) is 4.10. The Labute approximate surface area is 98.2 Å². The maximum Gasteiger partial charge on any atom is 0.231 e. The third kappa shape index (κ3) is 1.85. The van der Waals surface area contributed by atoms with E-state index in [9.17, 15) is 0 Å². The van der Waals surface area contributed by atoms with Crippen LogP contribution in [0.25, 0.3) is 11.3 Å². The molecule has 1 N–H and O–H groups in total. The standard InChI is InChI=1S/C12H12N2O3/c15-6-5-14-4-3-10(13-14)9-1-2-11-12(7-9)17-8-16-11/h1-4,7,15H,5-6,8H2. The van der Waals surface area contributed by atoms with Gasteiger partial charge in [0.05, 0.1) is 18.8 Å². The van der Waals surface area contributed by atoms with E-state index < -0.39 is 0 Å². The second-order valence-electron chi connectivity index (χ2n) is 3.76. The van der Waals surface area contributed by atoms with E-state index in [4.69, 9.17) is 14.6 Å². The summed E-state index contributed by atoms with van der Waals surface area (Å²) in [4.78, 5) is 0. The lowest BCUT2D eigenvalue weighted by Gasteiger charge is -2.00. The van der Waals surface area contributed by atoms with Gasteiger partial charge in [-0.1, -0.05) is 0 Å². The third-order valence-corrected chi connectivity index (χ3v) is 2.64. The van der Waals surface area contributed by atoms with E-state index in [1.807, 2.05) is 30.5 Å². The maximum absolute atomic E-state index is 8.83. The molecule has 2 aromatic rings. The van der Waals surface area contributed by atoms with Crippen LogP contribution in [0.3, 0.4) is 0 Å². The van der Waals surface area contributed by atoms with Crippen molar-refractivity contribution in [3.63, 3.8) is 0 Å². The molecular weight excluding hydrogens is 220 g/mol. The van der Waals surface area contributed by atoms with Gasteiger partial charge in [-0.25, -0.2) is 0 Å². The lowest BCUT2D eigenvalue weighted by Crippen LogP contribution is -2.02. The van der Waals surface area contributed by atoms with E-state index >= 15 is 0 Å². The van der Waals surface area contributed by atoms with E-state index in [2.05, 4.69) is 5.10 Å². The van der Waals surface area contributed by atoms with E-state index in [0.717, 1.165) is 22.8 Å². The summed E-state index contributed by atoms with van der Waals surface area (Å²) < 4.78 is 12.3. The third-order valence-electron chi connectivity index (χ3n) is 2.64. The lowest BCUT2D eigenvalue weighted by molar-refractivity contribution is 0.174. The largest absolute Gasteiger partial charge is 0.454 e. The van der Waals surface area contributed by atoms with Crippen LogP contribution in [-0.2, 0) is 6.54 Å². The van der Waals surface area contributed by atoms with Gasteiger partial charge >= 0.3 is 0 Å². The molecule has 0 saturated heterocycles. The van der Waals surface area contributed by atoms with Gasteiger partial charge in [0.15, 0.2) is 11.5 Å². The van der Waals surface area contributed by atoms with Crippen molar-refractivity contribution in [2.45, 2.75) is 6.54 Å². The smallest absolute Gasteiger partial charge is 0.231 e. The summed E-state index contributed by atoms with van der Waals surface area (Å²) in [5, 5.41) is 13.2. The predicted molar refractivity (Wildman–Crippen MR) is 60.9 cm³/mol. The molecule has 0 aliphatic carbocycles. The van der Waals surface area contributed by atoms with Crippen molar-refractivity contribution >= 4 is 0 Å². The Morgan fingerprint density at radius 2 is 2.12 bits per heavy atom. The first kappa shape index (κ1) is 10.2. The molecular formula is C12H12N2O3. The number of aliphatic hydroxyl groups excluding tert-OH is 1. The zero-order valence-corrected chi connectivity index (χ0v) is 9.17. The van der Waals surface area contributed by atoms with Crippen molar-refractivity contribution in [1.82, 2.24) is 9.78 Å². The summed E-state index contributed by atoms with van der Waals surface area (Å²) in [7, 11) is 0. The van der Waals surface area contributed by atoms with Crippen LogP contribution in [0.15, 0.2) is 30.5 Å². The van der Waals surface area contributed by atoms with E-state index in [1.165, 1.54) is 0 Å². The topological polar surface area (TPSA) is 56.5 Å². The minimum Gasteiger partial charge on any atom is -0.454 e. The van der Waals surface area contributed by atoms with E-state index in [1.54, 1.807) is 4.68 Å².